The van der Waals surface area contributed by atoms with Gasteiger partial charge in [0.15, 0.2) is 5.69 Å². The molecule has 1 fully saturated rings. The van der Waals surface area contributed by atoms with Crippen LogP contribution in [0.1, 0.15) is 29.1 Å². The van der Waals surface area contributed by atoms with Crippen molar-refractivity contribution in [3.8, 4) is 0 Å². The molecule has 0 radical (unpaired) electrons. The molecule has 3 rings (SSSR count). The predicted molar refractivity (Wildman–Crippen MR) is 73.7 cm³/mol. The van der Waals surface area contributed by atoms with Gasteiger partial charge in [-0.2, -0.15) is 13.2 Å². The van der Waals surface area contributed by atoms with E-state index in [1.54, 1.807) is 18.7 Å². The highest BCUT2D eigenvalue weighted by molar-refractivity contribution is 5.91. The molecule has 1 aliphatic rings. The molecule has 0 aromatic carbocycles. The third-order valence-corrected chi connectivity index (χ3v) is 4.00. The molecule has 0 spiro atoms. The van der Waals surface area contributed by atoms with Gasteiger partial charge in [-0.15, -0.1) is 0 Å². The van der Waals surface area contributed by atoms with E-state index in [1.807, 2.05) is 4.57 Å². The maximum absolute atomic E-state index is 12.5. The number of imidazole rings is 1. The fraction of sp³-hybridized carbons (Fsp3) is 0.500. The van der Waals surface area contributed by atoms with Gasteiger partial charge in [-0.3, -0.25) is 4.79 Å². The second kappa shape index (κ2) is 6.27. The van der Waals surface area contributed by atoms with E-state index in [0.717, 1.165) is 0 Å². The second-order valence-electron chi connectivity index (χ2n) is 5.82. The summed E-state index contributed by atoms with van der Waals surface area (Å²) in [6, 6.07) is -0.00919. The van der Waals surface area contributed by atoms with Gasteiger partial charge in [0.25, 0.3) is 5.91 Å². The summed E-state index contributed by atoms with van der Waals surface area (Å²) in [6.07, 6.45) is 0.639. The molecular formula is C14H15F3N4O3. The number of nitrogens with zero attached hydrogens (tertiary/aromatic N) is 3. The Bertz CT molecular complexity index is 698. The first kappa shape index (κ1) is 16.5. The minimum atomic E-state index is -4.68. The van der Waals surface area contributed by atoms with E-state index in [4.69, 9.17) is 0 Å². The first-order valence-electron chi connectivity index (χ1n) is 7.31. The summed E-state index contributed by atoms with van der Waals surface area (Å²) < 4.78 is 43.7. The summed E-state index contributed by atoms with van der Waals surface area (Å²) in [5.74, 6) is -1.24. The highest BCUT2D eigenvalue weighted by Crippen LogP contribution is 2.30. The molecule has 2 heterocycles. The van der Waals surface area contributed by atoms with Crippen LogP contribution in [0, 0.1) is 5.92 Å². The summed E-state index contributed by atoms with van der Waals surface area (Å²) in [5, 5.41) is 15.4. The van der Waals surface area contributed by atoms with Crippen molar-refractivity contribution in [1.29, 1.82) is 0 Å². The Balaban J connectivity index is 1.59. The molecule has 3 atom stereocenters. The molecule has 0 saturated heterocycles. The van der Waals surface area contributed by atoms with Crippen molar-refractivity contribution in [2.24, 2.45) is 5.92 Å². The van der Waals surface area contributed by atoms with E-state index in [9.17, 15) is 23.1 Å². The minimum absolute atomic E-state index is 0.125. The maximum atomic E-state index is 12.5. The summed E-state index contributed by atoms with van der Waals surface area (Å²) >= 11 is 0. The monoisotopic (exact) mass is 344 g/mol. The summed E-state index contributed by atoms with van der Waals surface area (Å²) in [7, 11) is 0. The van der Waals surface area contributed by atoms with E-state index in [1.165, 1.54) is 0 Å². The van der Waals surface area contributed by atoms with Gasteiger partial charge in [0, 0.05) is 25.0 Å². The Hall–Kier alpha value is -2.36. The van der Waals surface area contributed by atoms with Crippen LogP contribution in [0.4, 0.5) is 13.2 Å². The number of carbonyl (C=O) groups is 1. The Morgan fingerprint density at radius 1 is 1.46 bits per heavy atom. The Morgan fingerprint density at radius 3 is 2.88 bits per heavy atom. The SMILES string of the molecule is O=C(N[C@@H]1CC(Cn2ccnc2)C[C@H]1O)c1cc(C(F)(F)F)no1. The lowest BCUT2D eigenvalue weighted by Gasteiger charge is -2.15. The molecule has 2 aromatic rings. The molecule has 2 N–H and O–H groups in total. The minimum Gasteiger partial charge on any atom is -0.391 e. The third-order valence-electron chi connectivity index (χ3n) is 4.00. The Morgan fingerprint density at radius 2 is 2.25 bits per heavy atom. The number of aliphatic hydroxyl groups excluding tert-OH is 1. The van der Waals surface area contributed by atoms with Crippen LogP contribution in [0.2, 0.25) is 0 Å². The van der Waals surface area contributed by atoms with Crippen LogP contribution >= 0.6 is 0 Å². The van der Waals surface area contributed by atoms with E-state index in [-0.39, 0.29) is 5.92 Å². The van der Waals surface area contributed by atoms with Crippen LogP contribution in [0.3, 0.4) is 0 Å². The third kappa shape index (κ3) is 3.58. The fourth-order valence-corrected chi connectivity index (χ4v) is 2.87. The number of carbonyl (C=O) groups excluding carboxylic acids is 1. The lowest BCUT2D eigenvalue weighted by atomic mass is 10.1. The van der Waals surface area contributed by atoms with Crippen LogP contribution in [-0.2, 0) is 12.7 Å². The number of rotatable bonds is 4. The maximum Gasteiger partial charge on any atom is 0.436 e. The van der Waals surface area contributed by atoms with Crippen molar-refractivity contribution in [2.75, 3.05) is 0 Å². The topological polar surface area (TPSA) is 93.2 Å². The van der Waals surface area contributed by atoms with E-state index in [2.05, 4.69) is 20.0 Å². The molecule has 0 bridgehead atoms. The van der Waals surface area contributed by atoms with Crippen LogP contribution in [0.25, 0.3) is 0 Å². The zero-order chi connectivity index (χ0) is 17.3. The quantitative estimate of drug-likeness (QED) is 0.876. The number of amides is 1. The normalized spacial score (nSPS) is 24.2. The van der Waals surface area contributed by atoms with Gasteiger partial charge < -0.3 is 19.5 Å². The average molecular weight is 344 g/mol. The van der Waals surface area contributed by atoms with E-state index < -0.39 is 35.7 Å². The number of alkyl halides is 3. The van der Waals surface area contributed by atoms with Crippen molar-refractivity contribution >= 4 is 5.91 Å². The van der Waals surface area contributed by atoms with Crippen molar-refractivity contribution in [3.63, 3.8) is 0 Å². The van der Waals surface area contributed by atoms with Gasteiger partial charge in [0.2, 0.25) is 5.76 Å². The standard InChI is InChI=1S/C14H15F3N4O3/c15-14(16,17)12-5-11(24-20-12)13(23)19-9-3-8(4-10(9)22)6-21-2-1-18-7-21/h1-2,5,7-10,22H,3-4,6H2,(H,19,23)/t8?,9-,10-/m1/s1. The van der Waals surface area contributed by atoms with Crippen molar-refractivity contribution in [1.82, 2.24) is 20.0 Å². The number of aliphatic hydroxyl groups is 1. The molecule has 10 heteroatoms. The van der Waals surface area contributed by atoms with E-state index in [0.29, 0.717) is 25.5 Å². The Kier molecular flexibility index (Phi) is 4.31. The van der Waals surface area contributed by atoms with Crippen molar-refractivity contribution < 1.29 is 27.6 Å². The largest absolute Gasteiger partial charge is 0.436 e. The summed E-state index contributed by atoms with van der Waals surface area (Å²) in [5.41, 5.74) is -1.27. The fourth-order valence-electron chi connectivity index (χ4n) is 2.87. The molecule has 1 amide bonds. The highest BCUT2D eigenvalue weighted by atomic mass is 19.4. The molecule has 1 aliphatic carbocycles. The molecule has 2 aromatic heterocycles. The average Bonchev–Trinajstić information content (AvgIpc) is 3.21. The lowest BCUT2D eigenvalue weighted by molar-refractivity contribution is -0.142. The van der Waals surface area contributed by atoms with Gasteiger partial charge in [-0.1, -0.05) is 5.16 Å². The molecule has 0 aliphatic heterocycles. The van der Waals surface area contributed by atoms with Crippen LogP contribution in [-0.4, -0.2) is 37.9 Å². The zero-order valence-electron chi connectivity index (χ0n) is 12.4. The highest BCUT2D eigenvalue weighted by Gasteiger charge is 2.37. The lowest BCUT2D eigenvalue weighted by Crippen LogP contribution is -2.39. The van der Waals surface area contributed by atoms with E-state index >= 15 is 0 Å². The predicted octanol–water partition coefficient (Wildman–Crippen LogP) is 1.46. The first-order chi connectivity index (χ1) is 11.3. The molecule has 130 valence electrons. The van der Waals surface area contributed by atoms with Crippen LogP contribution in [0.5, 0.6) is 0 Å². The number of hydrogen-bond acceptors (Lipinski definition) is 5. The smallest absolute Gasteiger partial charge is 0.391 e. The molecule has 1 unspecified atom stereocenters. The van der Waals surface area contributed by atoms with Crippen LogP contribution < -0.4 is 5.32 Å². The van der Waals surface area contributed by atoms with Crippen LogP contribution in [0.15, 0.2) is 29.3 Å². The van der Waals surface area contributed by atoms with Gasteiger partial charge in [0.05, 0.1) is 18.5 Å². The zero-order valence-corrected chi connectivity index (χ0v) is 12.4. The Labute approximate surface area is 134 Å². The first-order valence-corrected chi connectivity index (χ1v) is 7.31. The number of hydrogen-bond donors (Lipinski definition) is 2. The second-order valence-corrected chi connectivity index (χ2v) is 5.82. The van der Waals surface area contributed by atoms with Crippen molar-refractivity contribution in [3.05, 3.63) is 36.2 Å². The van der Waals surface area contributed by atoms with Gasteiger partial charge >= 0.3 is 6.18 Å². The molecule has 24 heavy (non-hydrogen) atoms. The van der Waals surface area contributed by atoms with Gasteiger partial charge in [-0.05, 0) is 18.8 Å². The summed E-state index contributed by atoms with van der Waals surface area (Å²) in [4.78, 5) is 15.9. The van der Waals surface area contributed by atoms with Gasteiger partial charge in [0.1, 0.15) is 0 Å². The number of aromatic nitrogens is 3. The summed E-state index contributed by atoms with van der Waals surface area (Å²) in [6.45, 7) is 0.643. The van der Waals surface area contributed by atoms with Crippen molar-refractivity contribution in [2.45, 2.75) is 37.7 Å². The number of nitrogens with one attached hydrogen (secondary N) is 1. The molecule has 1 saturated carbocycles. The number of halogens is 3. The molecular weight excluding hydrogens is 329 g/mol. The molecule has 7 nitrogen and oxygen atoms in total. The van der Waals surface area contributed by atoms with Gasteiger partial charge in [-0.25, -0.2) is 4.98 Å².